The number of hydrogen-bond acceptors (Lipinski definition) is 3. The highest BCUT2D eigenvalue weighted by Gasteiger charge is 2.00. The first-order chi connectivity index (χ1) is 8.24. The van der Waals surface area contributed by atoms with Crippen molar-refractivity contribution in [1.82, 2.24) is 0 Å². The summed E-state index contributed by atoms with van der Waals surface area (Å²) in [6.45, 7) is 0. The number of hydrogen-bond donors (Lipinski definition) is 0. The second-order valence-corrected chi connectivity index (χ2v) is 4.97. The molecular formula is C12H8F2OS2. The third-order valence-corrected chi connectivity index (χ3v) is 3.29. The van der Waals surface area contributed by atoms with Gasteiger partial charge in [0.2, 0.25) is 0 Å². The van der Waals surface area contributed by atoms with Crippen LogP contribution in [0.3, 0.4) is 0 Å². The van der Waals surface area contributed by atoms with Gasteiger partial charge in [0.05, 0.1) is 0 Å². The second kappa shape index (κ2) is 6.05. The molecule has 0 heterocycles. The first-order valence-electron chi connectivity index (χ1n) is 4.76. The summed E-state index contributed by atoms with van der Waals surface area (Å²) < 4.78 is 30.9. The predicted octanol–water partition coefficient (Wildman–Crippen LogP) is 4.70. The molecule has 0 radical (unpaired) electrons. The molecule has 0 bridgehead atoms. The van der Waals surface area contributed by atoms with Crippen LogP contribution in [-0.2, 0) is 3.63 Å². The van der Waals surface area contributed by atoms with Gasteiger partial charge in [-0.2, -0.15) is 0 Å². The molecule has 0 saturated carbocycles. The van der Waals surface area contributed by atoms with Gasteiger partial charge in [-0.3, -0.25) is 0 Å². The van der Waals surface area contributed by atoms with Gasteiger partial charge in [0.1, 0.15) is 11.6 Å². The van der Waals surface area contributed by atoms with Crippen molar-refractivity contribution in [3.8, 4) is 0 Å². The van der Waals surface area contributed by atoms with Crippen molar-refractivity contribution in [3.05, 3.63) is 60.2 Å². The largest absolute Gasteiger partial charge is 0.237 e. The molecule has 0 spiro atoms. The maximum Gasteiger partial charge on any atom is 0.124 e. The van der Waals surface area contributed by atoms with Crippen LogP contribution in [0.25, 0.3) is 0 Å². The van der Waals surface area contributed by atoms with Crippen LogP contribution in [0.1, 0.15) is 0 Å². The summed E-state index contributed by atoms with van der Waals surface area (Å²) in [6, 6.07) is 12.2. The van der Waals surface area contributed by atoms with Crippen LogP contribution in [0.5, 0.6) is 0 Å². The van der Waals surface area contributed by atoms with Gasteiger partial charge in [0.15, 0.2) is 0 Å². The third-order valence-electron chi connectivity index (χ3n) is 1.85. The quantitative estimate of drug-likeness (QED) is 0.745. The van der Waals surface area contributed by atoms with E-state index in [1.807, 2.05) is 0 Å². The van der Waals surface area contributed by atoms with Gasteiger partial charge < -0.3 is 0 Å². The van der Waals surface area contributed by atoms with Gasteiger partial charge in [0.25, 0.3) is 0 Å². The zero-order valence-corrected chi connectivity index (χ0v) is 10.2. The number of halogens is 2. The third kappa shape index (κ3) is 4.03. The average molecular weight is 270 g/mol. The molecule has 0 unspecified atom stereocenters. The van der Waals surface area contributed by atoms with Crippen molar-refractivity contribution in [2.75, 3.05) is 0 Å². The second-order valence-electron chi connectivity index (χ2n) is 3.15. The van der Waals surface area contributed by atoms with Crippen molar-refractivity contribution < 1.29 is 12.4 Å². The van der Waals surface area contributed by atoms with Crippen LogP contribution in [0.15, 0.2) is 58.3 Å². The Morgan fingerprint density at radius 2 is 1.24 bits per heavy atom. The maximum atomic E-state index is 12.8. The summed E-state index contributed by atoms with van der Waals surface area (Å²) >= 11 is 2.07. The molecule has 2 rings (SSSR count). The van der Waals surface area contributed by atoms with Crippen molar-refractivity contribution in [1.29, 1.82) is 0 Å². The summed E-state index contributed by atoms with van der Waals surface area (Å²) in [5.41, 5.74) is 0. The van der Waals surface area contributed by atoms with E-state index in [-0.39, 0.29) is 11.6 Å². The summed E-state index contributed by atoms with van der Waals surface area (Å²) in [5.74, 6) is -0.622. The molecule has 5 heteroatoms. The lowest BCUT2D eigenvalue weighted by atomic mass is 10.4. The lowest BCUT2D eigenvalue weighted by Gasteiger charge is -2.01. The Labute approximate surface area is 107 Å². The Hall–Kier alpha value is -1.04. The number of rotatable bonds is 4. The van der Waals surface area contributed by atoms with Crippen molar-refractivity contribution in [2.45, 2.75) is 9.79 Å². The van der Waals surface area contributed by atoms with Crippen LogP contribution in [0.4, 0.5) is 8.78 Å². The summed E-state index contributed by atoms with van der Waals surface area (Å²) in [7, 11) is 0. The summed E-state index contributed by atoms with van der Waals surface area (Å²) in [6.07, 6.45) is 0. The minimum atomic E-state index is -0.311. The Kier molecular flexibility index (Phi) is 4.42. The smallest absolute Gasteiger partial charge is 0.124 e. The average Bonchev–Trinajstić information content (AvgIpc) is 2.29. The van der Waals surface area contributed by atoms with E-state index in [1.165, 1.54) is 24.3 Å². The summed E-state index contributed by atoms with van der Waals surface area (Å²) in [5, 5.41) is 0. The monoisotopic (exact) mass is 270 g/mol. The highest BCUT2D eigenvalue weighted by atomic mass is 32.2. The minimum Gasteiger partial charge on any atom is -0.237 e. The topological polar surface area (TPSA) is 9.23 Å². The van der Waals surface area contributed by atoms with Gasteiger partial charge in [-0.05, 0) is 36.4 Å². The van der Waals surface area contributed by atoms with Crippen LogP contribution >= 0.6 is 24.1 Å². The molecule has 2 aromatic carbocycles. The SMILES string of the molecule is Fc1cccc(SOSc2cccc(F)c2)c1. The maximum absolute atomic E-state index is 12.8. The lowest BCUT2D eigenvalue weighted by molar-refractivity contribution is 0.622. The number of benzene rings is 2. The Morgan fingerprint density at radius 3 is 1.65 bits per heavy atom. The molecule has 2 aromatic rings. The van der Waals surface area contributed by atoms with E-state index in [1.54, 1.807) is 24.3 Å². The first-order valence-corrected chi connectivity index (χ1v) is 6.25. The van der Waals surface area contributed by atoms with E-state index in [0.717, 1.165) is 24.1 Å². The molecule has 0 aliphatic rings. The van der Waals surface area contributed by atoms with E-state index in [4.69, 9.17) is 3.63 Å². The standard InChI is InChI=1S/C12H8F2OS2/c13-9-3-1-5-11(7-9)16-15-17-12-6-2-4-10(14)8-12/h1-8H. The highest BCUT2D eigenvalue weighted by Crippen LogP contribution is 2.29. The Bertz CT molecular complexity index is 460. The molecule has 0 amide bonds. The zero-order valence-electron chi connectivity index (χ0n) is 8.60. The van der Waals surface area contributed by atoms with E-state index in [2.05, 4.69) is 0 Å². The van der Waals surface area contributed by atoms with Crippen LogP contribution in [0.2, 0.25) is 0 Å². The van der Waals surface area contributed by atoms with E-state index in [9.17, 15) is 8.78 Å². The zero-order chi connectivity index (χ0) is 12.1. The van der Waals surface area contributed by atoms with Gasteiger partial charge in [-0.1, -0.05) is 12.1 Å². The van der Waals surface area contributed by atoms with Gasteiger partial charge in [-0.25, -0.2) is 12.4 Å². The van der Waals surface area contributed by atoms with Crippen LogP contribution in [0, 0.1) is 11.6 Å². The molecule has 0 fully saturated rings. The van der Waals surface area contributed by atoms with Crippen molar-refractivity contribution >= 4 is 24.1 Å². The fraction of sp³-hybridized carbons (Fsp3) is 0. The van der Waals surface area contributed by atoms with E-state index < -0.39 is 0 Å². The molecule has 0 aromatic heterocycles. The van der Waals surface area contributed by atoms with E-state index in [0.29, 0.717) is 9.79 Å². The lowest BCUT2D eigenvalue weighted by Crippen LogP contribution is -1.77. The molecular weight excluding hydrogens is 262 g/mol. The normalized spacial score (nSPS) is 10.5. The Balaban J connectivity index is 1.87. The minimum absolute atomic E-state index is 0.311. The van der Waals surface area contributed by atoms with Crippen molar-refractivity contribution in [2.24, 2.45) is 0 Å². The molecule has 0 aliphatic carbocycles. The summed E-state index contributed by atoms with van der Waals surface area (Å²) in [4.78, 5) is 1.32. The van der Waals surface area contributed by atoms with Gasteiger partial charge >= 0.3 is 0 Å². The fourth-order valence-electron chi connectivity index (χ4n) is 1.13. The Morgan fingerprint density at radius 1 is 0.765 bits per heavy atom. The molecule has 0 aliphatic heterocycles. The van der Waals surface area contributed by atoms with Crippen LogP contribution < -0.4 is 0 Å². The van der Waals surface area contributed by atoms with Crippen molar-refractivity contribution in [3.63, 3.8) is 0 Å². The molecule has 0 N–H and O–H groups in total. The molecule has 1 nitrogen and oxygen atoms in total. The van der Waals surface area contributed by atoms with Gasteiger partial charge in [-0.15, -0.1) is 0 Å². The van der Waals surface area contributed by atoms with Gasteiger partial charge in [0, 0.05) is 33.9 Å². The molecule has 17 heavy (non-hydrogen) atoms. The molecule has 0 atom stereocenters. The fourth-order valence-corrected chi connectivity index (χ4v) is 2.49. The van der Waals surface area contributed by atoms with Crippen LogP contribution in [-0.4, -0.2) is 0 Å². The molecule has 88 valence electrons. The predicted molar refractivity (Wildman–Crippen MR) is 65.6 cm³/mol. The van der Waals surface area contributed by atoms with E-state index >= 15 is 0 Å². The first kappa shape index (κ1) is 12.4. The molecule has 0 saturated heterocycles. The highest BCUT2D eigenvalue weighted by molar-refractivity contribution is 8.07.